The van der Waals surface area contributed by atoms with Gasteiger partial charge in [-0.2, -0.15) is 0 Å². The van der Waals surface area contributed by atoms with E-state index in [-0.39, 0.29) is 12.1 Å². The van der Waals surface area contributed by atoms with Crippen molar-refractivity contribution in [3.05, 3.63) is 29.8 Å². The Morgan fingerprint density at radius 3 is 2.55 bits per heavy atom. The molecular weight excluding hydrogens is 368 g/mol. The highest BCUT2D eigenvalue weighted by Crippen LogP contribution is 2.10. The standard InChI is InChI=1S/C21H36N6O2/c1-4-22-20(23-10-5-11-27-12-14-29-15-13-27)24-16-18-6-8-19(9-7-18)26-21(28)25-17(2)3/h6-9,17H,4-5,10-16H2,1-3H3,(H2,22,23,24)(H2,25,26,28). The smallest absolute Gasteiger partial charge is 0.319 e. The van der Waals surface area contributed by atoms with Gasteiger partial charge in [-0.3, -0.25) is 4.90 Å². The minimum Gasteiger partial charge on any atom is -0.379 e. The average Bonchev–Trinajstić information content (AvgIpc) is 2.70. The van der Waals surface area contributed by atoms with Gasteiger partial charge in [0.1, 0.15) is 0 Å². The maximum atomic E-state index is 11.8. The largest absolute Gasteiger partial charge is 0.379 e. The highest BCUT2D eigenvalue weighted by atomic mass is 16.5. The molecule has 162 valence electrons. The van der Waals surface area contributed by atoms with Gasteiger partial charge >= 0.3 is 6.03 Å². The fraction of sp³-hybridized carbons (Fsp3) is 0.619. The maximum absolute atomic E-state index is 11.8. The van der Waals surface area contributed by atoms with E-state index in [0.29, 0.717) is 6.54 Å². The van der Waals surface area contributed by atoms with Crippen LogP contribution in [0.25, 0.3) is 0 Å². The molecule has 0 unspecified atom stereocenters. The predicted octanol–water partition coefficient (Wildman–Crippen LogP) is 1.99. The first-order chi connectivity index (χ1) is 14.1. The van der Waals surface area contributed by atoms with E-state index in [9.17, 15) is 4.79 Å². The summed E-state index contributed by atoms with van der Waals surface area (Å²) in [4.78, 5) is 18.8. The van der Waals surface area contributed by atoms with Gasteiger partial charge in [-0.1, -0.05) is 12.1 Å². The summed E-state index contributed by atoms with van der Waals surface area (Å²) in [5.41, 5.74) is 1.86. The Bertz CT molecular complexity index is 627. The maximum Gasteiger partial charge on any atom is 0.319 e. The molecule has 0 aromatic heterocycles. The lowest BCUT2D eigenvalue weighted by Gasteiger charge is -2.26. The molecule has 0 saturated carbocycles. The molecule has 0 aliphatic carbocycles. The minimum atomic E-state index is -0.193. The van der Waals surface area contributed by atoms with Gasteiger partial charge in [0.15, 0.2) is 5.96 Å². The summed E-state index contributed by atoms with van der Waals surface area (Å²) in [5, 5.41) is 12.3. The van der Waals surface area contributed by atoms with E-state index >= 15 is 0 Å². The minimum absolute atomic E-state index is 0.106. The van der Waals surface area contributed by atoms with Crippen molar-refractivity contribution in [3.63, 3.8) is 0 Å². The van der Waals surface area contributed by atoms with Crippen molar-refractivity contribution in [1.29, 1.82) is 0 Å². The van der Waals surface area contributed by atoms with Crippen molar-refractivity contribution in [2.45, 2.75) is 39.8 Å². The van der Waals surface area contributed by atoms with Gasteiger partial charge in [-0.25, -0.2) is 9.79 Å². The van der Waals surface area contributed by atoms with Crippen molar-refractivity contribution < 1.29 is 9.53 Å². The number of amides is 2. The normalized spacial score (nSPS) is 15.2. The van der Waals surface area contributed by atoms with Crippen LogP contribution in [0.4, 0.5) is 10.5 Å². The van der Waals surface area contributed by atoms with Crippen LogP contribution in [0.2, 0.25) is 0 Å². The van der Waals surface area contributed by atoms with Crippen molar-refractivity contribution in [1.82, 2.24) is 20.9 Å². The van der Waals surface area contributed by atoms with Gasteiger partial charge in [-0.05, 0) is 51.4 Å². The number of ether oxygens (including phenoxy) is 1. The number of benzene rings is 1. The Morgan fingerprint density at radius 2 is 1.90 bits per heavy atom. The number of rotatable bonds is 9. The number of hydrogen-bond donors (Lipinski definition) is 4. The summed E-state index contributed by atoms with van der Waals surface area (Å²) in [5.74, 6) is 0.827. The molecule has 0 atom stereocenters. The summed E-state index contributed by atoms with van der Waals surface area (Å²) in [6.07, 6.45) is 1.07. The van der Waals surface area contributed by atoms with Crippen molar-refractivity contribution in [2.75, 3.05) is 51.3 Å². The van der Waals surface area contributed by atoms with Crippen LogP contribution in [0, 0.1) is 0 Å². The highest BCUT2D eigenvalue weighted by molar-refractivity contribution is 5.89. The molecule has 0 radical (unpaired) electrons. The van der Waals surface area contributed by atoms with E-state index < -0.39 is 0 Å². The van der Waals surface area contributed by atoms with Gasteiger partial charge in [-0.15, -0.1) is 0 Å². The number of nitrogens with one attached hydrogen (secondary N) is 4. The fourth-order valence-corrected chi connectivity index (χ4v) is 2.97. The Morgan fingerprint density at radius 1 is 1.17 bits per heavy atom. The first-order valence-corrected chi connectivity index (χ1v) is 10.6. The summed E-state index contributed by atoms with van der Waals surface area (Å²) in [6.45, 7) is 13.0. The lowest BCUT2D eigenvalue weighted by atomic mass is 10.2. The van der Waals surface area contributed by atoms with Gasteiger partial charge in [0.25, 0.3) is 0 Å². The third-order valence-electron chi connectivity index (χ3n) is 4.44. The molecule has 1 saturated heterocycles. The first kappa shape index (κ1) is 23.0. The zero-order chi connectivity index (χ0) is 20.9. The SMILES string of the molecule is CCNC(=NCc1ccc(NC(=O)NC(C)C)cc1)NCCCN1CCOCC1. The number of carbonyl (C=O) groups excluding carboxylic acids is 1. The second-order valence-electron chi connectivity index (χ2n) is 7.38. The second-order valence-corrected chi connectivity index (χ2v) is 7.38. The number of urea groups is 1. The van der Waals surface area contributed by atoms with Crippen LogP contribution < -0.4 is 21.3 Å². The van der Waals surface area contributed by atoms with E-state index in [0.717, 1.165) is 69.6 Å². The van der Waals surface area contributed by atoms with Gasteiger partial charge < -0.3 is 26.0 Å². The van der Waals surface area contributed by atoms with Crippen LogP contribution >= 0.6 is 0 Å². The average molecular weight is 405 g/mol. The first-order valence-electron chi connectivity index (χ1n) is 10.6. The zero-order valence-electron chi connectivity index (χ0n) is 18.0. The molecule has 1 heterocycles. The number of guanidine groups is 1. The topological polar surface area (TPSA) is 90.0 Å². The van der Waals surface area contributed by atoms with E-state index in [4.69, 9.17) is 4.74 Å². The second kappa shape index (κ2) is 13.0. The summed E-state index contributed by atoms with van der Waals surface area (Å²) >= 11 is 0. The van der Waals surface area contributed by atoms with Gasteiger partial charge in [0.05, 0.1) is 19.8 Å². The Kier molecular flexibility index (Phi) is 10.3. The van der Waals surface area contributed by atoms with Gasteiger partial charge in [0.2, 0.25) is 0 Å². The number of aliphatic imine (C=N–C) groups is 1. The number of anilines is 1. The number of morpholine rings is 1. The molecule has 1 aliphatic heterocycles. The Labute approximate surface area is 174 Å². The van der Waals surface area contributed by atoms with Crippen molar-refractivity contribution in [2.24, 2.45) is 4.99 Å². The van der Waals surface area contributed by atoms with Crippen LogP contribution in [0.1, 0.15) is 32.8 Å². The van der Waals surface area contributed by atoms with E-state index in [1.54, 1.807) is 0 Å². The van der Waals surface area contributed by atoms with Crippen LogP contribution in [0.15, 0.2) is 29.3 Å². The Hall–Kier alpha value is -2.32. The number of nitrogens with zero attached hydrogens (tertiary/aromatic N) is 2. The van der Waals surface area contributed by atoms with Gasteiger partial charge in [0, 0.05) is 37.9 Å². The quantitative estimate of drug-likeness (QED) is 0.287. The third-order valence-corrected chi connectivity index (χ3v) is 4.44. The molecule has 1 aromatic carbocycles. The lowest BCUT2D eigenvalue weighted by Crippen LogP contribution is -2.40. The van der Waals surface area contributed by atoms with Crippen LogP contribution in [-0.2, 0) is 11.3 Å². The molecule has 2 amide bonds. The van der Waals surface area contributed by atoms with E-state index in [1.165, 1.54) is 0 Å². The molecule has 1 aromatic rings. The molecule has 0 spiro atoms. The fourth-order valence-electron chi connectivity index (χ4n) is 2.97. The molecule has 0 bridgehead atoms. The van der Waals surface area contributed by atoms with E-state index in [1.807, 2.05) is 38.1 Å². The zero-order valence-corrected chi connectivity index (χ0v) is 18.0. The summed E-state index contributed by atoms with van der Waals surface area (Å²) < 4.78 is 5.38. The summed E-state index contributed by atoms with van der Waals surface area (Å²) in [6, 6.07) is 7.67. The van der Waals surface area contributed by atoms with Crippen LogP contribution in [0.5, 0.6) is 0 Å². The number of carbonyl (C=O) groups is 1. The van der Waals surface area contributed by atoms with Crippen LogP contribution in [0.3, 0.4) is 0 Å². The highest BCUT2D eigenvalue weighted by Gasteiger charge is 2.09. The molecule has 1 aliphatic rings. The molecule has 8 heteroatoms. The summed E-state index contributed by atoms with van der Waals surface area (Å²) in [7, 11) is 0. The van der Waals surface area contributed by atoms with Crippen molar-refractivity contribution >= 4 is 17.7 Å². The number of hydrogen-bond acceptors (Lipinski definition) is 4. The molecule has 4 N–H and O–H groups in total. The van der Waals surface area contributed by atoms with Crippen LogP contribution in [-0.4, -0.2) is 68.9 Å². The predicted molar refractivity (Wildman–Crippen MR) is 118 cm³/mol. The molecule has 29 heavy (non-hydrogen) atoms. The molecule has 1 fully saturated rings. The Balaban J connectivity index is 1.75. The van der Waals surface area contributed by atoms with E-state index in [2.05, 4.69) is 38.1 Å². The van der Waals surface area contributed by atoms with Crippen molar-refractivity contribution in [3.8, 4) is 0 Å². The third kappa shape index (κ3) is 9.62. The monoisotopic (exact) mass is 404 g/mol. The molecule has 2 rings (SSSR count). The molecular formula is C21H36N6O2. The lowest BCUT2D eigenvalue weighted by molar-refractivity contribution is 0.0376. The molecule has 8 nitrogen and oxygen atoms in total.